The molecule has 0 aliphatic carbocycles. The number of hydrogen-bond acceptors (Lipinski definition) is 4. The van der Waals surface area contributed by atoms with E-state index in [2.05, 4.69) is 38.1 Å². The summed E-state index contributed by atoms with van der Waals surface area (Å²) in [7, 11) is 0. The third kappa shape index (κ3) is 6.03. The number of carbonyl (C=O) groups excluding carboxylic acids is 2. The molecule has 170 valence electrons. The van der Waals surface area contributed by atoms with Gasteiger partial charge in [-0.25, -0.2) is 0 Å². The molecular weight excluding hydrogens is 582 g/mol. The zero-order valence-electron chi connectivity index (χ0n) is 17.6. The van der Waals surface area contributed by atoms with Crippen LogP contribution in [0.1, 0.15) is 24.2 Å². The van der Waals surface area contributed by atoms with Gasteiger partial charge in [-0.1, -0.05) is 43.1 Å². The minimum Gasteiger partial charge on any atom is -0.365 e. The van der Waals surface area contributed by atoms with Gasteiger partial charge in [-0.15, -0.1) is 0 Å². The summed E-state index contributed by atoms with van der Waals surface area (Å²) in [5.41, 5.74) is 1.81. The predicted molar refractivity (Wildman–Crippen MR) is 143 cm³/mol. The topological polar surface area (TPSA) is 64.7 Å². The number of nitrogens with one attached hydrogen (secondary N) is 2. The number of carbonyl (C=O) groups is 2. The first-order chi connectivity index (χ1) is 15.2. The van der Waals surface area contributed by atoms with Crippen molar-refractivity contribution in [3.63, 3.8) is 0 Å². The van der Waals surface area contributed by atoms with E-state index in [9.17, 15) is 9.59 Å². The van der Waals surface area contributed by atoms with Crippen molar-refractivity contribution in [2.45, 2.75) is 13.8 Å². The van der Waals surface area contributed by atoms with E-state index in [1.807, 2.05) is 36.9 Å². The van der Waals surface area contributed by atoms with Gasteiger partial charge in [-0.05, 0) is 65.1 Å². The van der Waals surface area contributed by atoms with Crippen LogP contribution in [0, 0.1) is 9.49 Å². The lowest BCUT2D eigenvalue weighted by atomic mass is 10.1. The minimum atomic E-state index is -0.393. The largest absolute Gasteiger partial charge is 0.365 e. The van der Waals surface area contributed by atoms with E-state index in [4.69, 9.17) is 35.4 Å². The van der Waals surface area contributed by atoms with E-state index in [1.54, 1.807) is 18.2 Å². The highest BCUT2D eigenvalue weighted by Crippen LogP contribution is 2.34. The summed E-state index contributed by atoms with van der Waals surface area (Å²) in [4.78, 5) is 28.9. The Morgan fingerprint density at radius 2 is 1.75 bits per heavy atom. The van der Waals surface area contributed by atoms with Gasteiger partial charge in [0.25, 0.3) is 5.91 Å². The normalized spacial score (nSPS) is 13.8. The number of amides is 2. The molecule has 2 amide bonds. The molecule has 1 fully saturated rings. The lowest BCUT2D eigenvalue weighted by Crippen LogP contribution is -2.50. The summed E-state index contributed by atoms with van der Waals surface area (Å²) in [6, 6.07) is 10.7. The molecule has 2 aromatic rings. The van der Waals surface area contributed by atoms with Crippen LogP contribution in [-0.4, -0.2) is 48.0 Å². The Morgan fingerprint density at radius 1 is 1.06 bits per heavy atom. The van der Waals surface area contributed by atoms with Crippen molar-refractivity contribution in [3.8, 4) is 0 Å². The summed E-state index contributed by atoms with van der Waals surface area (Å²) in [5.74, 6) is -0.267. The molecule has 0 radical (unpaired) electrons. The fourth-order valence-electron chi connectivity index (χ4n) is 3.45. The van der Waals surface area contributed by atoms with E-state index in [0.29, 0.717) is 47.5 Å². The summed E-state index contributed by atoms with van der Waals surface area (Å²) < 4.78 is 0.892. The molecule has 0 spiro atoms. The number of benzene rings is 2. The second-order valence-electron chi connectivity index (χ2n) is 7.64. The average molecular weight is 605 g/mol. The van der Waals surface area contributed by atoms with Crippen LogP contribution in [0.3, 0.4) is 0 Å². The van der Waals surface area contributed by atoms with Crippen molar-refractivity contribution in [2.75, 3.05) is 36.4 Å². The lowest BCUT2D eigenvalue weighted by Gasteiger charge is -2.38. The Bertz CT molecular complexity index is 1040. The fourth-order valence-corrected chi connectivity index (χ4v) is 4.64. The van der Waals surface area contributed by atoms with Crippen molar-refractivity contribution < 1.29 is 9.59 Å². The predicted octanol–water partition coefficient (Wildman–Crippen LogP) is 5.03. The van der Waals surface area contributed by atoms with Crippen LogP contribution in [-0.2, 0) is 4.79 Å². The maximum atomic E-state index is 12.6. The third-order valence-corrected chi connectivity index (χ3v) is 6.55. The van der Waals surface area contributed by atoms with Gasteiger partial charge >= 0.3 is 0 Å². The molecule has 0 aromatic heterocycles. The number of halogens is 3. The quantitative estimate of drug-likeness (QED) is 0.379. The van der Waals surface area contributed by atoms with Crippen molar-refractivity contribution in [1.82, 2.24) is 10.2 Å². The van der Waals surface area contributed by atoms with Gasteiger partial charge in [0.05, 0.1) is 27.0 Å². The van der Waals surface area contributed by atoms with E-state index in [0.717, 1.165) is 9.26 Å². The summed E-state index contributed by atoms with van der Waals surface area (Å²) >= 11 is 20.2. The van der Waals surface area contributed by atoms with Crippen LogP contribution >= 0.6 is 58.0 Å². The lowest BCUT2D eigenvalue weighted by molar-refractivity contribution is -0.134. The van der Waals surface area contributed by atoms with Gasteiger partial charge in [0, 0.05) is 35.7 Å². The van der Waals surface area contributed by atoms with E-state index in [-0.39, 0.29) is 16.9 Å². The van der Waals surface area contributed by atoms with E-state index >= 15 is 0 Å². The first-order valence-electron chi connectivity index (χ1n) is 10.1. The molecule has 0 unspecified atom stereocenters. The molecule has 1 heterocycles. The third-order valence-electron chi connectivity index (χ3n) is 5.04. The number of hydrogen-bond donors (Lipinski definition) is 2. The Labute approximate surface area is 216 Å². The molecule has 3 rings (SSSR count). The molecule has 0 saturated carbocycles. The molecule has 1 aliphatic rings. The molecule has 2 aromatic carbocycles. The van der Waals surface area contributed by atoms with Crippen molar-refractivity contribution in [2.24, 2.45) is 5.92 Å². The number of rotatable bonds is 4. The summed E-state index contributed by atoms with van der Waals surface area (Å²) in [5, 5.41) is 6.81. The second-order valence-corrected chi connectivity index (χ2v) is 10.1. The fraction of sp³-hybridized carbons (Fsp3) is 0.318. The molecular formula is C22H23Cl2IN4O2S. The zero-order valence-corrected chi connectivity index (χ0v) is 22.1. The highest BCUT2D eigenvalue weighted by Gasteiger charge is 2.25. The number of para-hydroxylation sites is 1. The summed E-state index contributed by atoms with van der Waals surface area (Å²) in [6.45, 7) is 6.34. The molecule has 0 atom stereocenters. The number of nitrogens with zero attached hydrogens (tertiary/aromatic N) is 2. The maximum Gasteiger partial charge on any atom is 0.258 e. The molecule has 32 heavy (non-hydrogen) atoms. The van der Waals surface area contributed by atoms with Gasteiger partial charge < -0.3 is 15.1 Å². The Morgan fingerprint density at radius 3 is 2.41 bits per heavy atom. The molecule has 2 N–H and O–H groups in total. The van der Waals surface area contributed by atoms with Crippen LogP contribution in [0.15, 0.2) is 36.4 Å². The SMILES string of the molecule is CC(C)C(=O)N1CCN(c2c(Cl)cccc2NC(=S)NC(=O)c2cc(I)ccc2Cl)CC1. The number of thiocarbonyl (C=S) groups is 1. The summed E-state index contributed by atoms with van der Waals surface area (Å²) in [6.07, 6.45) is 0. The van der Waals surface area contributed by atoms with Crippen LogP contribution in [0.2, 0.25) is 10.0 Å². The van der Waals surface area contributed by atoms with Crippen LogP contribution in [0.5, 0.6) is 0 Å². The van der Waals surface area contributed by atoms with E-state index < -0.39 is 5.91 Å². The highest BCUT2D eigenvalue weighted by atomic mass is 127. The molecule has 6 nitrogen and oxygen atoms in total. The standard InChI is InChI=1S/C22H23Cl2IN4O2S/c1-13(2)21(31)29-10-8-28(9-11-29)19-17(24)4-3-5-18(19)26-22(32)27-20(30)15-12-14(25)6-7-16(15)23/h3-7,12-13H,8-11H2,1-2H3,(H2,26,27,30,32). The van der Waals surface area contributed by atoms with Crippen molar-refractivity contribution in [1.29, 1.82) is 0 Å². The zero-order chi connectivity index (χ0) is 23.4. The van der Waals surface area contributed by atoms with Crippen LogP contribution < -0.4 is 15.5 Å². The van der Waals surface area contributed by atoms with Crippen molar-refractivity contribution >= 4 is 86.3 Å². The average Bonchev–Trinajstić information content (AvgIpc) is 2.75. The highest BCUT2D eigenvalue weighted by molar-refractivity contribution is 14.1. The van der Waals surface area contributed by atoms with Gasteiger partial charge in [0.15, 0.2) is 5.11 Å². The second kappa shape index (κ2) is 11.0. The van der Waals surface area contributed by atoms with Crippen LogP contribution in [0.25, 0.3) is 0 Å². The minimum absolute atomic E-state index is 0.0264. The molecule has 10 heteroatoms. The van der Waals surface area contributed by atoms with Gasteiger partial charge in [0.1, 0.15) is 0 Å². The van der Waals surface area contributed by atoms with Gasteiger partial charge in [-0.3, -0.25) is 14.9 Å². The van der Waals surface area contributed by atoms with Gasteiger partial charge in [0.2, 0.25) is 5.91 Å². The smallest absolute Gasteiger partial charge is 0.258 e. The van der Waals surface area contributed by atoms with E-state index in [1.165, 1.54) is 0 Å². The first-order valence-corrected chi connectivity index (χ1v) is 12.3. The molecule has 1 aliphatic heterocycles. The Balaban J connectivity index is 1.71. The Kier molecular flexibility index (Phi) is 8.60. The monoisotopic (exact) mass is 604 g/mol. The molecule has 0 bridgehead atoms. The maximum absolute atomic E-state index is 12.6. The number of piperazine rings is 1. The van der Waals surface area contributed by atoms with Crippen LogP contribution in [0.4, 0.5) is 11.4 Å². The van der Waals surface area contributed by atoms with Gasteiger partial charge in [-0.2, -0.15) is 0 Å². The number of anilines is 2. The first kappa shape index (κ1) is 25.0. The van der Waals surface area contributed by atoms with Crippen molar-refractivity contribution in [3.05, 3.63) is 55.6 Å². The molecule has 1 saturated heterocycles. The Hall–Kier alpha value is -1.62.